The maximum Gasteiger partial charge on any atom is 0.341 e. The Kier molecular flexibility index (Phi) is 8.19. The van der Waals surface area contributed by atoms with E-state index in [4.69, 9.17) is 0 Å². The Bertz CT molecular complexity index is 1810. The minimum Gasteiger partial charge on any atom is -0.710 e. The molecule has 44 heavy (non-hydrogen) atoms. The average Bonchev–Trinajstić information content (AvgIpc) is 2.97. The summed E-state index contributed by atoms with van der Waals surface area (Å²) >= 11 is 0. The molecule has 9 nitrogen and oxygen atoms in total. The van der Waals surface area contributed by atoms with E-state index in [0.29, 0.717) is 17.9 Å². The first-order chi connectivity index (χ1) is 20.9. The highest BCUT2D eigenvalue weighted by atomic mass is 19.1. The highest BCUT2D eigenvalue weighted by molar-refractivity contribution is 5.91. The predicted molar refractivity (Wildman–Crippen MR) is 161 cm³/mol. The minimum atomic E-state index is -1.17. The van der Waals surface area contributed by atoms with Gasteiger partial charge in [0.05, 0.1) is 34.1 Å². The third-order valence-electron chi connectivity index (χ3n) is 7.92. The molecule has 4 heterocycles. The normalized spacial score (nSPS) is 15.5. The van der Waals surface area contributed by atoms with Crippen LogP contribution in [0.1, 0.15) is 57.8 Å². The quantitative estimate of drug-likeness (QED) is 0.175. The number of fused-ring (bicyclic) bond motifs is 1. The second kappa shape index (κ2) is 11.7. The first-order valence-electron chi connectivity index (χ1n) is 14.4. The summed E-state index contributed by atoms with van der Waals surface area (Å²) in [7, 11) is 0. The number of hydrogen-bond acceptors (Lipinski definition) is 6. The topological polar surface area (TPSA) is 98.3 Å². The van der Waals surface area contributed by atoms with Crippen LogP contribution in [0, 0.1) is 22.7 Å². The van der Waals surface area contributed by atoms with Crippen LogP contribution in [-0.4, -0.2) is 51.0 Å². The number of benzene rings is 1. The molecule has 230 valence electrons. The number of pyridine rings is 2. The van der Waals surface area contributed by atoms with Crippen LogP contribution in [0.2, 0.25) is 0 Å². The molecular formula is C32H33F3N6O3. The molecule has 3 aromatic heterocycles. The number of carbonyl (C=O) groups is 1. The number of piperazine rings is 1. The maximum atomic E-state index is 16.0. The van der Waals surface area contributed by atoms with Gasteiger partial charge in [-0.2, -0.15) is 4.57 Å². The summed E-state index contributed by atoms with van der Waals surface area (Å²) in [5.41, 5.74) is -1.29. The van der Waals surface area contributed by atoms with E-state index in [2.05, 4.69) is 16.5 Å². The van der Waals surface area contributed by atoms with Crippen molar-refractivity contribution in [3.05, 3.63) is 93.7 Å². The Morgan fingerprint density at radius 3 is 2.20 bits per heavy atom. The average molecular weight is 607 g/mol. The Balaban J connectivity index is 1.91. The van der Waals surface area contributed by atoms with Gasteiger partial charge in [0.25, 0.3) is 0 Å². The summed E-state index contributed by atoms with van der Waals surface area (Å²) in [4.78, 5) is 38.8. The molecule has 1 aliphatic heterocycles. The molecule has 1 aromatic carbocycles. The van der Waals surface area contributed by atoms with Gasteiger partial charge in [-0.15, -0.1) is 0 Å². The van der Waals surface area contributed by atoms with Crippen molar-refractivity contribution in [2.75, 3.05) is 24.5 Å². The Morgan fingerprint density at radius 2 is 1.66 bits per heavy atom. The Labute approximate surface area is 252 Å². The molecule has 0 saturated carbocycles. The van der Waals surface area contributed by atoms with Gasteiger partial charge in [0, 0.05) is 25.7 Å². The number of amides is 1. The lowest BCUT2D eigenvalue weighted by atomic mass is 10.0. The zero-order chi connectivity index (χ0) is 32.0. The van der Waals surface area contributed by atoms with Gasteiger partial charge in [0.2, 0.25) is 5.91 Å². The molecule has 0 bridgehead atoms. The zero-order valence-electron chi connectivity index (χ0n) is 25.1. The van der Waals surface area contributed by atoms with E-state index in [1.807, 2.05) is 39.5 Å². The first kappa shape index (κ1) is 30.7. The van der Waals surface area contributed by atoms with Gasteiger partial charge in [-0.1, -0.05) is 40.3 Å². The van der Waals surface area contributed by atoms with Crippen LogP contribution in [0.4, 0.5) is 18.9 Å². The monoisotopic (exact) mass is 606 g/mol. The standard InChI is InChI=1S/C32H33F3N6O3/c1-7-25(42)38-11-12-39(19(6)15-38)24-14-26(43)40(31-28(17(2)3)36-16-37-29(31)18(4)5)32-20(24)13-23(35)30(41(32)44)27-21(33)9-8-10-22(27)34/h7-10,13-14,16-19H,1,11-12,15H2,2-6H3/t19-/m0/s1. The fraction of sp³-hybridized carbons (Fsp3) is 0.344. The van der Waals surface area contributed by atoms with Gasteiger partial charge < -0.3 is 15.0 Å². The second-order valence-corrected chi connectivity index (χ2v) is 11.5. The number of halogens is 3. The van der Waals surface area contributed by atoms with Crippen LogP contribution in [-0.2, 0) is 4.79 Å². The first-order valence-corrected chi connectivity index (χ1v) is 14.4. The summed E-state index contributed by atoms with van der Waals surface area (Å²) in [6, 6.07) is 4.97. The van der Waals surface area contributed by atoms with Crippen molar-refractivity contribution < 1.29 is 22.7 Å². The van der Waals surface area contributed by atoms with Crippen molar-refractivity contribution in [3.63, 3.8) is 0 Å². The molecule has 1 aliphatic rings. The Morgan fingerprint density at radius 1 is 1.05 bits per heavy atom. The largest absolute Gasteiger partial charge is 0.710 e. The van der Waals surface area contributed by atoms with Crippen molar-refractivity contribution in [3.8, 4) is 16.9 Å². The van der Waals surface area contributed by atoms with Crippen molar-refractivity contribution in [1.82, 2.24) is 19.4 Å². The highest BCUT2D eigenvalue weighted by Crippen LogP contribution is 2.35. The SMILES string of the molecule is C=CC(=O)N1CCN(c2cc(=O)n(-c3c(C(C)C)ncnc3C(C)C)c3c2cc(F)c(-c2c(F)cccc2F)[n+]3[O-])[C@@H](C)C1. The van der Waals surface area contributed by atoms with Gasteiger partial charge in [-0.05, 0) is 43.0 Å². The van der Waals surface area contributed by atoms with E-state index in [9.17, 15) is 23.6 Å². The molecule has 0 spiro atoms. The lowest BCUT2D eigenvalue weighted by molar-refractivity contribution is -0.569. The van der Waals surface area contributed by atoms with E-state index in [-0.39, 0.29) is 64.0 Å². The summed E-state index contributed by atoms with van der Waals surface area (Å²) in [6.45, 7) is 13.7. The third-order valence-corrected chi connectivity index (χ3v) is 7.92. The molecule has 0 unspecified atom stereocenters. The molecule has 1 fully saturated rings. The molecule has 0 N–H and O–H groups in total. The van der Waals surface area contributed by atoms with Gasteiger partial charge >= 0.3 is 11.2 Å². The predicted octanol–water partition coefficient (Wildman–Crippen LogP) is 4.97. The van der Waals surface area contributed by atoms with E-state index in [1.54, 1.807) is 4.90 Å². The fourth-order valence-corrected chi connectivity index (χ4v) is 5.86. The number of hydrogen-bond donors (Lipinski definition) is 0. The van der Waals surface area contributed by atoms with Crippen molar-refractivity contribution >= 4 is 22.6 Å². The molecule has 0 aliphatic carbocycles. The van der Waals surface area contributed by atoms with E-state index < -0.39 is 34.3 Å². The fourth-order valence-electron chi connectivity index (χ4n) is 5.86. The number of nitrogens with zero attached hydrogens (tertiary/aromatic N) is 6. The smallest absolute Gasteiger partial charge is 0.341 e. The minimum absolute atomic E-state index is 0.0428. The molecular weight excluding hydrogens is 573 g/mol. The van der Waals surface area contributed by atoms with Crippen LogP contribution in [0.5, 0.6) is 0 Å². The van der Waals surface area contributed by atoms with Crippen molar-refractivity contribution in [2.24, 2.45) is 0 Å². The van der Waals surface area contributed by atoms with Crippen LogP contribution in [0.15, 0.2) is 54.1 Å². The second-order valence-electron chi connectivity index (χ2n) is 11.5. The number of aromatic nitrogens is 4. The van der Waals surface area contributed by atoms with Crippen molar-refractivity contribution in [1.29, 1.82) is 0 Å². The van der Waals surface area contributed by atoms with E-state index in [0.717, 1.165) is 28.8 Å². The van der Waals surface area contributed by atoms with Crippen LogP contribution in [0.25, 0.3) is 28.0 Å². The van der Waals surface area contributed by atoms with Crippen molar-refractivity contribution in [2.45, 2.75) is 52.5 Å². The molecule has 1 saturated heterocycles. The van der Waals surface area contributed by atoms with Crippen LogP contribution >= 0.6 is 0 Å². The summed E-state index contributed by atoms with van der Waals surface area (Å²) in [5.74, 6) is -4.12. The van der Waals surface area contributed by atoms with Crippen LogP contribution < -0.4 is 15.2 Å². The van der Waals surface area contributed by atoms with E-state index in [1.165, 1.54) is 18.5 Å². The zero-order valence-corrected chi connectivity index (χ0v) is 25.1. The molecule has 12 heteroatoms. The Hall–Kier alpha value is -4.74. The summed E-state index contributed by atoms with van der Waals surface area (Å²) in [5, 5.41) is 14.4. The molecule has 1 amide bonds. The maximum absolute atomic E-state index is 16.0. The summed E-state index contributed by atoms with van der Waals surface area (Å²) in [6.07, 6.45) is 2.60. The number of anilines is 1. The van der Waals surface area contributed by atoms with E-state index >= 15 is 4.39 Å². The van der Waals surface area contributed by atoms with Gasteiger partial charge in [-0.25, -0.2) is 32.7 Å². The number of rotatable bonds is 6. The third kappa shape index (κ3) is 5.07. The lowest BCUT2D eigenvalue weighted by Gasteiger charge is -2.41. The molecule has 0 radical (unpaired) electrons. The van der Waals surface area contributed by atoms with Crippen LogP contribution in [0.3, 0.4) is 0 Å². The molecule has 4 aromatic rings. The van der Waals surface area contributed by atoms with Gasteiger partial charge in [0.1, 0.15) is 18.0 Å². The number of carbonyl (C=O) groups excluding carboxylic acids is 1. The molecule has 5 rings (SSSR count). The van der Waals surface area contributed by atoms with Gasteiger partial charge in [-0.3, -0.25) is 4.79 Å². The molecule has 1 atom stereocenters. The summed E-state index contributed by atoms with van der Waals surface area (Å²) < 4.78 is 47.2. The van der Waals surface area contributed by atoms with Gasteiger partial charge in [0.15, 0.2) is 17.2 Å². The lowest BCUT2D eigenvalue weighted by Crippen LogP contribution is -2.54. The highest BCUT2D eigenvalue weighted by Gasteiger charge is 2.35.